The van der Waals surface area contributed by atoms with Crippen molar-refractivity contribution in [2.75, 3.05) is 7.05 Å². The highest BCUT2D eigenvalue weighted by atomic mass is 35.5. The maximum Gasteiger partial charge on any atom is 0.252 e. The third-order valence-electron chi connectivity index (χ3n) is 2.54. The summed E-state index contributed by atoms with van der Waals surface area (Å²) in [6, 6.07) is 8.75. The van der Waals surface area contributed by atoms with E-state index in [4.69, 9.17) is 11.6 Å². The third-order valence-corrected chi connectivity index (χ3v) is 6.35. The summed E-state index contributed by atoms with van der Waals surface area (Å²) in [5.74, 6) is 0.324. The molecule has 0 saturated carbocycles. The molecule has 2 aromatic heterocycles. The van der Waals surface area contributed by atoms with Crippen molar-refractivity contribution >= 4 is 33.0 Å². The van der Waals surface area contributed by atoms with Crippen molar-refractivity contribution in [2.45, 2.75) is 16.6 Å². The summed E-state index contributed by atoms with van der Waals surface area (Å²) in [5, 5.41) is 0. The Morgan fingerprint density at radius 2 is 2.11 bits per heavy atom. The van der Waals surface area contributed by atoms with Crippen LogP contribution < -0.4 is 0 Å². The lowest BCUT2D eigenvalue weighted by molar-refractivity contribution is 0.464. The number of hydrogen-bond donors (Lipinski definition) is 0. The van der Waals surface area contributed by atoms with Crippen molar-refractivity contribution in [2.24, 2.45) is 0 Å². The maximum absolute atomic E-state index is 12.3. The fraction of sp³-hybridized carbons (Fsp3) is 0.250. The second-order valence-corrected chi connectivity index (χ2v) is 7.64. The molecule has 0 aliphatic rings. The minimum absolute atomic E-state index is 0.247. The Morgan fingerprint density at radius 1 is 1.32 bits per heavy atom. The van der Waals surface area contributed by atoms with Gasteiger partial charge >= 0.3 is 0 Å². The van der Waals surface area contributed by atoms with Gasteiger partial charge in [0.15, 0.2) is 0 Å². The molecule has 0 aromatic carbocycles. The van der Waals surface area contributed by atoms with Gasteiger partial charge in [-0.25, -0.2) is 8.42 Å². The zero-order valence-electron chi connectivity index (χ0n) is 10.3. The summed E-state index contributed by atoms with van der Waals surface area (Å²) in [6.45, 7) is 0.247. The van der Waals surface area contributed by atoms with Crippen LogP contribution in [0.15, 0.2) is 40.7 Å². The second-order valence-electron chi connectivity index (χ2n) is 3.94. The predicted octanol–water partition coefficient (Wildman–Crippen LogP) is 2.70. The summed E-state index contributed by atoms with van der Waals surface area (Å²) >= 11 is 6.89. The number of alkyl halides is 1. The molecule has 0 bridgehead atoms. The molecule has 0 atom stereocenters. The van der Waals surface area contributed by atoms with E-state index in [0.29, 0.717) is 15.8 Å². The average molecular weight is 317 g/mol. The third kappa shape index (κ3) is 3.33. The van der Waals surface area contributed by atoms with Crippen LogP contribution in [0.4, 0.5) is 0 Å². The number of thiophene rings is 1. The molecule has 0 radical (unpaired) electrons. The van der Waals surface area contributed by atoms with Crippen LogP contribution >= 0.6 is 22.9 Å². The lowest BCUT2D eigenvalue weighted by Gasteiger charge is -2.15. The van der Waals surface area contributed by atoms with Crippen LogP contribution in [0, 0.1) is 0 Å². The van der Waals surface area contributed by atoms with Crippen molar-refractivity contribution in [1.82, 2.24) is 9.29 Å². The first-order valence-corrected chi connectivity index (χ1v) is 8.34. The Morgan fingerprint density at radius 3 is 2.68 bits per heavy atom. The van der Waals surface area contributed by atoms with Crippen LogP contribution in [0.25, 0.3) is 0 Å². The van der Waals surface area contributed by atoms with Crippen molar-refractivity contribution in [1.29, 1.82) is 0 Å². The van der Waals surface area contributed by atoms with E-state index in [9.17, 15) is 8.42 Å². The van der Waals surface area contributed by atoms with Crippen LogP contribution in [-0.4, -0.2) is 24.8 Å². The summed E-state index contributed by atoms with van der Waals surface area (Å²) < 4.78 is 26.3. The molecule has 0 fully saturated rings. The van der Waals surface area contributed by atoms with Crippen LogP contribution in [0.5, 0.6) is 0 Å². The topological polar surface area (TPSA) is 50.3 Å². The van der Waals surface area contributed by atoms with Gasteiger partial charge < -0.3 is 0 Å². The number of pyridine rings is 1. The fourth-order valence-electron chi connectivity index (χ4n) is 1.53. The number of nitrogens with zero attached hydrogens (tertiary/aromatic N) is 2. The van der Waals surface area contributed by atoms with Crippen LogP contribution in [0.3, 0.4) is 0 Å². The molecule has 0 saturated heterocycles. The molecule has 2 aromatic rings. The first kappa shape index (κ1) is 14.5. The van der Waals surface area contributed by atoms with Gasteiger partial charge in [-0.05, 0) is 24.3 Å². The molecule has 2 rings (SSSR count). The fourth-order valence-corrected chi connectivity index (χ4v) is 4.34. The van der Waals surface area contributed by atoms with Gasteiger partial charge in [-0.3, -0.25) is 4.98 Å². The lowest BCUT2D eigenvalue weighted by atomic mass is 10.3. The zero-order valence-corrected chi connectivity index (χ0v) is 12.7. The molecule has 0 aliphatic heterocycles. The maximum atomic E-state index is 12.3. The minimum Gasteiger partial charge on any atom is -0.260 e. The van der Waals surface area contributed by atoms with Crippen LogP contribution in [-0.2, 0) is 22.4 Å². The number of rotatable bonds is 5. The van der Waals surface area contributed by atoms with E-state index in [1.165, 1.54) is 15.6 Å². The van der Waals surface area contributed by atoms with E-state index >= 15 is 0 Å². The summed E-state index contributed by atoms with van der Waals surface area (Å²) in [6.07, 6.45) is 1.65. The van der Waals surface area contributed by atoms with Crippen molar-refractivity contribution < 1.29 is 8.42 Å². The molecule has 0 aliphatic carbocycles. The highest BCUT2D eigenvalue weighted by Crippen LogP contribution is 2.25. The van der Waals surface area contributed by atoms with E-state index in [2.05, 4.69) is 4.98 Å². The number of sulfonamides is 1. The molecule has 0 amide bonds. The van der Waals surface area contributed by atoms with Gasteiger partial charge in [-0.1, -0.05) is 6.07 Å². The Balaban J connectivity index is 2.19. The van der Waals surface area contributed by atoms with Gasteiger partial charge in [0.1, 0.15) is 4.21 Å². The Hall–Kier alpha value is -0.950. The predicted molar refractivity (Wildman–Crippen MR) is 76.8 cm³/mol. The van der Waals surface area contributed by atoms with Crippen LogP contribution in [0.1, 0.15) is 10.6 Å². The molecule has 2 heterocycles. The number of aromatic nitrogens is 1. The Bertz CT molecular complexity index is 641. The van der Waals surface area contributed by atoms with Gasteiger partial charge in [0.05, 0.1) is 18.1 Å². The van der Waals surface area contributed by atoms with Crippen molar-refractivity contribution in [3.05, 3.63) is 47.1 Å². The van der Waals surface area contributed by atoms with Gasteiger partial charge in [0.2, 0.25) is 0 Å². The SMILES string of the molecule is CN(Cc1ccccn1)S(=O)(=O)c1ccc(CCl)s1. The summed E-state index contributed by atoms with van der Waals surface area (Å²) in [7, 11) is -1.93. The van der Waals surface area contributed by atoms with Crippen LogP contribution in [0.2, 0.25) is 0 Å². The van der Waals surface area contributed by atoms with E-state index in [0.717, 1.165) is 4.88 Å². The summed E-state index contributed by atoms with van der Waals surface area (Å²) in [4.78, 5) is 4.96. The first-order chi connectivity index (χ1) is 9.04. The molecule has 19 heavy (non-hydrogen) atoms. The van der Waals surface area contributed by atoms with Crippen molar-refractivity contribution in [3.63, 3.8) is 0 Å². The molecule has 0 unspecified atom stereocenters. The zero-order chi connectivity index (χ0) is 13.9. The molecular formula is C12H13ClN2O2S2. The van der Waals surface area contributed by atoms with E-state index < -0.39 is 10.0 Å². The van der Waals surface area contributed by atoms with E-state index in [1.54, 1.807) is 37.5 Å². The van der Waals surface area contributed by atoms with E-state index in [-0.39, 0.29) is 6.54 Å². The summed E-state index contributed by atoms with van der Waals surface area (Å²) in [5.41, 5.74) is 0.711. The molecule has 102 valence electrons. The molecule has 0 N–H and O–H groups in total. The van der Waals surface area contributed by atoms with Crippen molar-refractivity contribution in [3.8, 4) is 0 Å². The van der Waals surface area contributed by atoms with Gasteiger partial charge in [-0.15, -0.1) is 22.9 Å². The van der Waals surface area contributed by atoms with Gasteiger partial charge in [-0.2, -0.15) is 4.31 Å². The number of halogens is 1. The highest BCUT2D eigenvalue weighted by Gasteiger charge is 2.23. The number of hydrogen-bond acceptors (Lipinski definition) is 4. The Kier molecular flexibility index (Phi) is 4.57. The molecule has 4 nitrogen and oxygen atoms in total. The minimum atomic E-state index is -3.47. The quantitative estimate of drug-likeness (QED) is 0.797. The smallest absolute Gasteiger partial charge is 0.252 e. The normalized spacial score (nSPS) is 11.9. The monoisotopic (exact) mass is 316 g/mol. The lowest BCUT2D eigenvalue weighted by Crippen LogP contribution is -2.26. The molecule has 0 spiro atoms. The first-order valence-electron chi connectivity index (χ1n) is 5.55. The van der Waals surface area contributed by atoms with E-state index in [1.807, 2.05) is 6.07 Å². The highest BCUT2D eigenvalue weighted by molar-refractivity contribution is 7.91. The Labute approximate surface area is 121 Å². The molecule has 7 heteroatoms. The average Bonchev–Trinajstić information content (AvgIpc) is 2.89. The second kappa shape index (κ2) is 6.00. The standard InChI is InChI=1S/C12H13ClN2O2S2/c1-15(9-10-4-2-3-7-14-10)19(16,17)12-6-5-11(8-13)18-12/h2-7H,8-9H2,1H3. The largest absolute Gasteiger partial charge is 0.260 e. The van der Waals surface area contributed by atoms with Gasteiger partial charge in [0.25, 0.3) is 10.0 Å². The molecular weight excluding hydrogens is 304 g/mol. The van der Waals surface area contributed by atoms with Gasteiger partial charge in [0, 0.05) is 18.1 Å².